The van der Waals surface area contributed by atoms with E-state index in [9.17, 15) is 0 Å². The van der Waals surface area contributed by atoms with E-state index < -0.39 is 0 Å². The molecule has 0 radical (unpaired) electrons. The van der Waals surface area contributed by atoms with Gasteiger partial charge in [-0.05, 0) is 74.8 Å². The van der Waals surface area contributed by atoms with Gasteiger partial charge in [0.05, 0.1) is 16.4 Å². The summed E-state index contributed by atoms with van der Waals surface area (Å²) in [4.78, 5) is 0. The Hall–Kier alpha value is -6.58. The van der Waals surface area contributed by atoms with Crippen LogP contribution < -0.4 is 16.4 Å². The highest BCUT2D eigenvalue weighted by Gasteiger charge is 2.54. The number of para-hydroxylation sites is 2. The molecule has 0 atom stereocenters. The summed E-state index contributed by atoms with van der Waals surface area (Å²) in [7, 11) is 0. The number of furan rings is 1. The van der Waals surface area contributed by atoms with Crippen molar-refractivity contribution in [1.82, 2.24) is 4.57 Å². The second-order valence-corrected chi connectivity index (χ2v) is 14.7. The molecule has 2 aromatic heterocycles. The van der Waals surface area contributed by atoms with Gasteiger partial charge in [0.2, 0.25) is 6.71 Å². The molecule has 2 aliphatic heterocycles. The molecule has 3 aliphatic rings. The van der Waals surface area contributed by atoms with Crippen LogP contribution in [0.1, 0.15) is 22.3 Å². The Bertz CT molecular complexity index is 3170. The summed E-state index contributed by atoms with van der Waals surface area (Å²) in [5.41, 5.74) is 20.0. The largest absolute Gasteiger partial charge is 0.454 e. The normalized spacial score (nSPS) is 14.3. The number of rotatable bonds is 1. The van der Waals surface area contributed by atoms with Gasteiger partial charge in [0.15, 0.2) is 5.58 Å². The molecular formula is C49H28BNO. The van der Waals surface area contributed by atoms with E-state index in [4.69, 9.17) is 4.42 Å². The molecule has 2 nitrogen and oxygen atoms in total. The SMILES string of the molecule is c1ccc2c(c1)B1c3cc(-n4c5ccccc5c5ccc6c7ccccc7oc6c54)ccc3-c3cccc(c31)C21c2ccccc2-c2ccccc21. The number of hydrogen-bond acceptors (Lipinski definition) is 1. The highest BCUT2D eigenvalue weighted by Crippen LogP contribution is 2.57. The number of nitrogens with zero attached hydrogens (tertiary/aromatic N) is 1. The van der Waals surface area contributed by atoms with E-state index in [1.165, 1.54) is 77.2 Å². The Morgan fingerprint density at radius 1 is 0.442 bits per heavy atom. The predicted molar refractivity (Wildman–Crippen MR) is 215 cm³/mol. The molecule has 0 fully saturated rings. The Balaban J connectivity index is 1.12. The molecule has 4 heterocycles. The minimum atomic E-state index is -0.379. The van der Waals surface area contributed by atoms with Gasteiger partial charge >= 0.3 is 0 Å². The van der Waals surface area contributed by atoms with Crippen molar-refractivity contribution in [2.24, 2.45) is 0 Å². The molecule has 0 amide bonds. The van der Waals surface area contributed by atoms with Gasteiger partial charge in [-0.2, -0.15) is 0 Å². The van der Waals surface area contributed by atoms with E-state index in [2.05, 4.69) is 174 Å². The first-order valence-corrected chi connectivity index (χ1v) is 18.2. The lowest BCUT2D eigenvalue weighted by Gasteiger charge is -2.42. The van der Waals surface area contributed by atoms with Gasteiger partial charge in [0.1, 0.15) is 5.58 Å². The Morgan fingerprint density at radius 3 is 1.94 bits per heavy atom. The number of aromatic nitrogens is 1. The summed E-state index contributed by atoms with van der Waals surface area (Å²) in [5, 5.41) is 4.73. The van der Waals surface area contributed by atoms with Gasteiger partial charge in [-0.1, -0.05) is 156 Å². The second-order valence-electron chi connectivity index (χ2n) is 14.7. The zero-order chi connectivity index (χ0) is 33.7. The van der Waals surface area contributed by atoms with Crippen LogP contribution in [-0.2, 0) is 5.41 Å². The Labute approximate surface area is 300 Å². The van der Waals surface area contributed by atoms with Crippen molar-refractivity contribution in [2.75, 3.05) is 0 Å². The minimum absolute atomic E-state index is 0.127. The molecule has 52 heavy (non-hydrogen) atoms. The lowest BCUT2D eigenvalue weighted by molar-refractivity contribution is 0.671. The fourth-order valence-electron chi connectivity index (χ4n) is 10.6. The van der Waals surface area contributed by atoms with E-state index in [1.807, 2.05) is 0 Å². The summed E-state index contributed by atoms with van der Waals surface area (Å²) in [6.07, 6.45) is 0. The van der Waals surface area contributed by atoms with Crippen molar-refractivity contribution in [2.45, 2.75) is 5.41 Å². The monoisotopic (exact) mass is 657 g/mol. The molecule has 0 saturated heterocycles. The highest BCUT2D eigenvalue weighted by atomic mass is 16.3. The van der Waals surface area contributed by atoms with Gasteiger partial charge < -0.3 is 8.98 Å². The molecule has 0 bridgehead atoms. The van der Waals surface area contributed by atoms with Crippen LogP contribution in [0.15, 0.2) is 174 Å². The highest BCUT2D eigenvalue weighted by molar-refractivity contribution is 7.00. The van der Waals surface area contributed by atoms with E-state index in [0.717, 1.165) is 33.1 Å². The maximum absolute atomic E-state index is 6.70. The summed E-state index contributed by atoms with van der Waals surface area (Å²) < 4.78 is 9.15. The van der Waals surface area contributed by atoms with E-state index in [-0.39, 0.29) is 12.1 Å². The third kappa shape index (κ3) is 3.04. The van der Waals surface area contributed by atoms with Crippen LogP contribution in [0.5, 0.6) is 0 Å². The summed E-state index contributed by atoms with van der Waals surface area (Å²) in [6.45, 7) is 0.127. The van der Waals surface area contributed by atoms with Crippen molar-refractivity contribution in [3.05, 3.63) is 192 Å². The van der Waals surface area contributed by atoms with Gasteiger partial charge in [0.25, 0.3) is 0 Å². The van der Waals surface area contributed by atoms with Crippen molar-refractivity contribution >= 4 is 66.8 Å². The second kappa shape index (κ2) is 9.40. The lowest BCUT2D eigenvalue weighted by atomic mass is 9.32. The number of fused-ring (bicyclic) bond motifs is 19. The van der Waals surface area contributed by atoms with Crippen LogP contribution in [0.25, 0.3) is 71.7 Å². The fourth-order valence-corrected chi connectivity index (χ4v) is 10.6. The van der Waals surface area contributed by atoms with Crippen LogP contribution in [0, 0.1) is 0 Å². The van der Waals surface area contributed by atoms with Crippen molar-refractivity contribution in [3.63, 3.8) is 0 Å². The fraction of sp³-hybridized carbons (Fsp3) is 0.0204. The summed E-state index contributed by atoms with van der Waals surface area (Å²) in [5.74, 6) is 0. The quantitative estimate of drug-likeness (QED) is 0.161. The van der Waals surface area contributed by atoms with Crippen LogP contribution in [0.3, 0.4) is 0 Å². The molecule has 238 valence electrons. The van der Waals surface area contributed by atoms with Gasteiger partial charge in [-0.3, -0.25) is 0 Å². The summed E-state index contributed by atoms with van der Waals surface area (Å²) in [6, 6.07) is 63.4. The smallest absolute Gasteiger partial charge is 0.243 e. The van der Waals surface area contributed by atoms with Crippen LogP contribution in [0.4, 0.5) is 0 Å². The molecule has 0 unspecified atom stereocenters. The molecule has 0 saturated carbocycles. The Kier molecular flexibility index (Phi) is 4.91. The molecule has 1 aliphatic carbocycles. The third-order valence-corrected chi connectivity index (χ3v) is 12.5. The molecule has 3 heteroatoms. The molecular weight excluding hydrogens is 629 g/mol. The third-order valence-electron chi connectivity index (χ3n) is 12.5. The molecule has 10 aromatic rings. The van der Waals surface area contributed by atoms with E-state index in [0.29, 0.717) is 0 Å². The molecule has 13 rings (SSSR count). The van der Waals surface area contributed by atoms with Crippen molar-refractivity contribution < 1.29 is 4.42 Å². The minimum Gasteiger partial charge on any atom is -0.454 e. The van der Waals surface area contributed by atoms with Gasteiger partial charge in [-0.25, -0.2) is 0 Å². The molecule has 8 aromatic carbocycles. The van der Waals surface area contributed by atoms with Gasteiger partial charge in [-0.15, -0.1) is 0 Å². The van der Waals surface area contributed by atoms with Crippen molar-refractivity contribution in [1.29, 1.82) is 0 Å². The van der Waals surface area contributed by atoms with E-state index in [1.54, 1.807) is 0 Å². The number of hydrogen-bond donors (Lipinski definition) is 0. The zero-order valence-electron chi connectivity index (χ0n) is 28.1. The van der Waals surface area contributed by atoms with Crippen LogP contribution >= 0.6 is 0 Å². The lowest BCUT2D eigenvalue weighted by Crippen LogP contribution is -2.59. The van der Waals surface area contributed by atoms with E-state index >= 15 is 0 Å². The topological polar surface area (TPSA) is 18.1 Å². The maximum atomic E-state index is 6.70. The first-order chi connectivity index (χ1) is 25.8. The zero-order valence-corrected chi connectivity index (χ0v) is 28.1. The molecule has 1 spiro atoms. The van der Waals surface area contributed by atoms with Gasteiger partial charge in [0, 0.05) is 27.2 Å². The first-order valence-electron chi connectivity index (χ1n) is 18.2. The average Bonchev–Trinajstić information content (AvgIpc) is 3.93. The average molecular weight is 658 g/mol. The first kappa shape index (κ1) is 27.2. The maximum Gasteiger partial charge on any atom is 0.243 e. The number of benzene rings is 8. The Morgan fingerprint density at radius 2 is 1.10 bits per heavy atom. The van der Waals surface area contributed by atoms with Crippen LogP contribution in [-0.4, -0.2) is 11.3 Å². The predicted octanol–water partition coefficient (Wildman–Crippen LogP) is 9.86. The molecule has 0 N–H and O–H groups in total. The van der Waals surface area contributed by atoms with Crippen molar-refractivity contribution in [3.8, 4) is 27.9 Å². The summed E-state index contributed by atoms with van der Waals surface area (Å²) >= 11 is 0. The van der Waals surface area contributed by atoms with Crippen LogP contribution in [0.2, 0.25) is 0 Å². The standard InChI is InChI=1S/C49H28BNO/c1-5-17-38-30(12-1)31-13-2-6-18-39(31)49(38)40-19-7-8-21-42(40)50-43-28-29(24-25-32(43)35-16-11-20-41(49)46(35)50)51-44-22-9-3-14-33(44)36-26-27-37-34-15-4-10-23-45(34)52-48(37)47(36)51/h1-28H.